The Balaban J connectivity index is 3.95. The first-order chi connectivity index (χ1) is 6.61. The maximum atomic E-state index is 11.2. The number of ether oxygens (including phenoxy) is 1. The monoisotopic (exact) mass is 199 g/mol. The molecular formula is C11H21NO2. The van der Waals surface area contributed by atoms with Crippen molar-refractivity contribution in [1.82, 2.24) is 4.90 Å². The Kier molecular flexibility index (Phi) is 7.11. The summed E-state index contributed by atoms with van der Waals surface area (Å²) in [5.74, 6) is -0.148. The Labute approximate surface area is 86.7 Å². The Morgan fingerprint density at radius 2 is 2.21 bits per heavy atom. The molecule has 0 unspecified atom stereocenters. The van der Waals surface area contributed by atoms with Gasteiger partial charge in [-0.3, -0.25) is 9.69 Å². The highest BCUT2D eigenvalue weighted by Gasteiger charge is 2.13. The predicted octanol–water partition coefficient (Wildman–Crippen LogP) is 1.84. The maximum Gasteiger partial charge on any atom is 0.320 e. The van der Waals surface area contributed by atoms with Crippen LogP contribution in [-0.2, 0) is 9.53 Å². The van der Waals surface area contributed by atoms with E-state index in [1.807, 2.05) is 13.0 Å². The van der Waals surface area contributed by atoms with Gasteiger partial charge in [0.05, 0.1) is 13.2 Å². The van der Waals surface area contributed by atoms with E-state index in [9.17, 15) is 4.79 Å². The van der Waals surface area contributed by atoms with Crippen molar-refractivity contribution in [2.45, 2.75) is 33.2 Å². The molecule has 0 amide bonds. The highest BCUT2D eigenvalue weighted by Crippen LogP contribution is 2.00. The van der Waals surface area contributed by atoms with Crippen molar-refractivity contribution < 1.29 is 9.53 Å². The van der Waals surface area contributed by atoms with Gasteiger partial charge in [0.15, 0.2) is 0 Å². The minimum atomic E-state index is -0.148. The second-order valence-corrected chi connectivity index (χ2v) is 3.45. The number of hydrogen-bond acceptors (Lipinski definition) is 3. The van der Waals surface area contributed by atoms with Crippen molar-refractivity contribution in [2.24, 2.45) is 0 Å². The van der Waals surface area contributed by atoms with Crippen molar-refractivity contribution in [2.75, 3.05) is 19.7 Å². The summed E-state index contributed by atoms with van der Waals surface area (Å²) in [6.45, 7) is 11.3. The molecule has 0 aromatic rings. The fourth-order valence-corrected chi connectivity index (χ4v) is 1.15. The molecule has 0 saturated heterocycles. The van der Waals surface area contributed by atoms with Crippen LogP contribution in [0.3, 0.4) is 0 Å². The average molecular weight is 199 g/mol. The Morgan fingerprint density at radius 1 is 1.57 bits per heavy atom. The molecule has 14 heavy (non-hydrogen) atoms. The van der Waals surface area contributed by atoms with Gasteiger partial charge in [-0.15, -0.1) is 6.58 Å². The highest BCUT2D eigenvalue weighted by atomic mass is 16.5. The smallest absolute Gasteiger partial charge is 0.320 e. The van der Waals surface area contributed by atoms with Gasteiger partial charge < -0.3 is 4.74 Å². The first-order valence-electron chi connectivity index (χ1n) is 5.12. The Hall–Kier alpha value is -0.830. The van der Waals surface area contributed by atoms with Crippen LogP contribution in [0.5, 0.6) is 0 Å². The molecule has 0 atom stereocenters. The topological polar surface area (TPSA) is 29.5 Å². The Bertz CT molecular complexity index is 178. The molecule has 0 aliphatic rings. The molecule has 0 aliphatic carbocycles. The number of hydrogen-bond donors (Lipinski definition) is 0. The highest BCUT2D eigenvalue weighted by molar-refractivity contribution is 5.71. The van der Waals surface area contributed by atoms with Crippen LogP contribution in [0.1, 0.15) is 27.2 Å². The summed E-state index contributed by atoms with van der Waals surface area (Å²) < 4.78 is 4.90. The summed E-state index contributed by atoms with van der Waals surface area (Å²) in [6, 6.07) is 0.361. The van der Waals surface area contributed by atoms with Gasteiger partial charge in [0.25, 0.3) is 0 Å². The van der Waals surface area contributed by atoms with Gasteiger partial charge in [-0.05, 0) is 27.2 Å². The van der Waals surface area contributed by atoms with Crippen LogP contribution in [0, 0.1) is 0 Å². The van der Waals surface area contributed by atoms with Crippen molar-refractivity contribution in [3.8, 4) is 0 Å². The third-order valence-electron chi connectivity index (χ3n) is 1.99. The molecule has 0 aromatic heterocycles. The summed E-state index contributed by atoms with van der Waals surface area (Å²) in [4.78, 5) is 13.3. The van der Waals surface area contributed by atoms with Gasteiger partial charge in [0.2, 0.25) is 0 Å². The Morgan fingerprint density at radius 3 is 2.64 bits per heavy atom. The lowest BCUT2D eigenvalue weighted by Crippen LogP contribution is -2.37. The van der Waals surface area contributed by atoms with Crippen molar-refractivity contribution in [3.05, 3.63) is 12.7 Å². The van der Waals surface area contributed by atoms with Crippen LogP contribution >= 0.6 is 0 Å². The molecule has 3 nitrogen and oxygen atoms in total. The normalized spacial score (nSPS) is 10.6. The number of rotatable bonds is 7. The largest absolute Gasteiger partial charge is 0.465 e. The molecule has 0 aliphatic heterocycles. The van der Waals surface area contributed by atoms with Crippen LogP contribution in [0.2, 0.25) is 0 Å². The predicted molar refractivity (Wildman–Crippen MR) is 58.2 cm³/mol. The minimum Gasteiger partial charge on any atom is -0.465 e. The summed E-state index contributed by atoms with van der Waals surface area (Å²) in [6.07, 6.45) is 2.76. The molecule has 0 heterocycles. The molecule has 3 heteroatoms. The van der Waals surface area contributed by atoms with E-state index in [0.717, 1.165) is 13.0 Å². The first kappa shape index (κ1) is 13.2. The minimum absolute atomic E-state index is 0.148. The standard InChI is InChI=1S/C11H21NO2/c1-5-7-8-12(10(3)4)9-11(13)14-6-2/h5,10H,1,6-9H2,2-4H3. The molecule has 0 spiro atoms. The van der Waals surface area contributed by atoms with E-state index in [1.165, 1.54) is 0 Å². The number of carbonyl (C=O) groups is 1. The van der Waals surface area contributed by atoms with E-state index in [0.29, 0.717) is 19.2 Å². The number of esters is 1. The summed E-state index contributed by atoms with van der Waals surface area (Å²) >= 11 is 0. The van der Waals surface area contributed by atoms with E-state index in [4.69, 9.17) is 4.74 Å². The number of carbonyl (C=O) groups excluding carboxylic acids is 1. The van der Waals surface area contributed by atoms with Crippen LogP contribution in [0.4, 0.5) is 0 Å². The summed E-state index contributed by atoms with van der Waals surface area (Å²) in [5, 5.41) is 0. The van der Waals surface area contributed by atoms with Crippen molar-refractivity contribution in [3.63, 3.8) is 0 Å². The molecule has 0 N–H and O–H groups in total. The van der Waals surface area contributed by atoms with Crippen molar-refractivity contribution in [1.29, 1.82) is 0 Å². The number of nitrogens with zero attached hydrogens (tertiary/aromatic N) is 1. The lowest BCUT2D eigenvalue weighted by molar-refractivity contribution is -0.144. The zero-order valence-corrected chi connectivity index (χ0v) is 9.45. The third kappa shape index (κ3) is 5.75. The fraction of sp³-hybridized carbons (Fsp3) is 0.727. The quantitative estimate of drug-likeness (QED) is 0.463. The van der Waals surface area contributed by atoms with E-state index in [2.05, 4.69) is 25.3 Å². The van der Waals surface area contributed by atoms with E-state index < -0.39 is 0 Å². The maximum absolute atomic E-state index is 11.2. The first-order valence-corrected chi connectivity index (χ1v) is 5.12. The van der Waals surface area contributed by atoms with E-state index in [-0.39, 0.29) is 5.97 Å². The fourth-order valence-electron chi connectivity index (χ4n) is 1.15. The molecule has 0 fully saturated rings. The zero-order valence-electron chi connectivity index (χ0n) is 9.45. The molecule has 0 saturated carbocycles. The lowest BCUT2D eigenvalue weighted by atomic mass is 10.3. The second kappa shape index (κ2) is 7.56. The zero-order chi connectivity index (χ0) is 11.0. The van der Waals surface area contributed by atoms with Gasteiger partial charge >= 0.3 is 5.97 Å². The van der Waals surface area contributed by atoms with Crippen LogP contribution in [-0.4, -0.2) is 36.6 Å². The van der Waals surface area contributed by atoms with Gasteiger partial charge in [-0.2, -0.15) is 0 Å². The van der Waals surface area contributed by atoms with Crippen LogP contribution < -0.4 is 0 Å². The molecule has 0 rings (SSSR count). The van der Waals surface area contributed by atoms with Gasteiger partial charge in [0, 0.05) is 12.6 Å². The third-order valence-corrected chi connectivity index (χ3v) is 1.99. The van der Waals surface area contributed by atoms with Gasteiger partial charge in [-0.1, -0.05) is 6.08 Å². The molecule has 82 valence electrons. The van der Waals surface area contributed by atoms with Gasteiger partial charge in [0.1, 0.15) is 0 Å². The van der Waals surface area contributed by atoms with Crippen molar-refractivity contribution >= 4 is 5.97 Å². The SMILES string of the molecule is C=CCCN(CC(=O)OCC)C(C)C. The molecule has 0 aromatic carbocycles. The molecular weight excluding hydrogens is 178 g/mol. The summed E-state index contributed by atoms with van der Waals surface area (Å²) in [7, 11) is 0. The molecule has 0 radical (unpaired) electrons. The summed E-state index contributed by atoms with van der Waals surface area (Å²) in [5.41, 5.74) is 0. The average Bonchev–Trinajstić information content (AvgIpc) is 2.12. The van der Waals surface area contributed by atoms with Crippen LogP contribution in [0.15, 0.2) is 12.7 Å². The van der Waals surface area contributed by atoms with E-state index in [1.54, 1.807) is 0 Å². The van der Waals surface area contributed by atoms with Crippen LogP contribution in [0.25, 0.3) is 0 Å². The second-order valence-electron chi connectivity index (χ2n) is 3.45. The molecule has 0 bridgehead atoms. The van der Waals surface area contributed by atoms with E-state index >= 15 is 0 Å². The lowest BCUT2D eigenvalue weighted by Gasteiger charge is -2.24. The van der Waals surface area contributed by atoms with Gasteiger partial charge in [-0.25, -0.2) is 0 Å².